The molecule has 2 rings (SSSR count). The molecule has 0 bridgehead atoms. The Kier molecular flexibility index (Phi) is 3.80. The number of ether oxygens (including phenoxy) is 1. The summed E-state index contributed by atoms with van der Waals surface area (Å²) < 4.78 is 6.86. The molecule has 0 saturated heterocycles. The van der Waals surface area contributed by atoms with Gasteiger partial charge in [0.2, 0.25) is 0 Å². The van der Waals surface area contributed by atoms with Crippen LogP contribution in [0.4, 0.5) is 0 Å². The van der Waals surface area contributed by atoms with E-state index in [0.29, 0.717) is 12.0 Å². The van der Waals surface area contributed by atoms with E-state index in [1.807, 2.05) is 32.0 Å². The van der Waals surface area contributed by atoms with Crippen LogP contribution >= 0.6 is 0 Å². The number of carbonyl (C=O) groups is 2. The van der Waals surface area contributed by atoms with Gasteiger partial charge in [-0.05, 0) is 37.1 Å². The van der Waals surface area contributed by atoms with E-state index in [4.69, 9.17) is 4.74 Å². The second-order valence-electron chi connectivity index (χ2n) is 4.32. The molecular formula is C15H15NO3. The number of benzene rings is 1. The third-order valence-electron chi connectivity index (χ3n) is 2.92. The van der Waals surface area contributed by atoms with Gasteiger partial charge in [0.1, 0.15) is 5.75 Å². The zero-order chi connectivity index (χ0) is 13.8. The fraction of sp³-hybridized carbons (Fsp3) is 0.200. The number of aldehydes is 1. The van der Waals surface area contributed by atoms with E-state index in [2.05, 4.69) is 0 Å². The first-order valence-electron chi connectivity index (χ1n) is 5.98. The highest BCUT2D eigenvalue weighted by atomic mass is 16.5. The summed E-state index contributed by atoms with van der Waals surface area (Å²) in [6.45, 7) is 3.76. The van der Waals surface area contributed by atoms with Crippen LogP contribution in [0.2, 0.25) is 0 Å². The molecule has 1 aromatic carbocycles. The predicted octanol–water partition coefficient (Wildman–Crippen LogP) is 2.64. The number of hydrogen-bond acceptors (Lipinski definition) is 3. The second-order valence-corrected chi connectivity index (χ2v) is 4.32. The van der Waals surface area contributed by atoms with E-state index in [1.165, 1.54) is 4.57 Å². The number of rotatable bonds is 4. The number of hydrogen-bond donors (Lipinski definition) is 0. The van der Waals surface area contributed by atoms with E-state index < -0.39 is 0 Å². The molecule has 98 valence electrons. The molecule has 0 radical (unpaired) electrons. The van der Waals surface area contributed by atoms with Crippen molar-refractivity contribution in [3.63, 3.8) is 0 Å². The van der Waals surface area contributed by atoms with E-state index in [1.54, 1.807) is 18.3 Å². The molecule has 0 amide bonds. The normalized spacial score (nSPS) is 10.2. The Labute approximate surface area is 111 Å². The van der Waals surface area contributed by atoms with Gasteiger partial charge in [-0.3, -0.25) is 14.2 Å². The van der Waals surface area contributed by atoms with E-state index in [-0.39, 0.29) is 12.5 Å². The Morgan fingerprint density at radius 3 is 2.53 bits per heavy atom. The van der Waals surface area contributed by atoms with Gasteiger partial charge in [0, 0.05) is 6.20 Å². The molecule has 0 aliphatic carbocycles. The van der Waals surface area contributed by atoms with Crippen molar-refractivity contribution in [3.8, 4) is 5.75 Å². The average molecular weight is 257 g/mol. The Balaban J connectivity index is 2.11. The minimum absolute atomic E-state index is 0.0960. The Bertz CT molecular complexity index is 593. The smallest absolute Gasteiger partial charge is 0.269 e. The molecule has 4 heteroatoms. The lowest BCUT2D eigenvalue weighted by molar-refractivity contribution is 0.0828. The first-order chi connectivity index (χ1) is 9.13. The minimum atomic E-state index is -0.269. The lowest BCUT2D eigenvalue weighted by Crippen LogP contribution is -2.20. The van der Waals surface area contributed by atoms with Gasteiger partial charge in [-0.25, -0.2) is 0 Å². The van der Waals surface area contributed by atoms with Crippen molar-refractivity contribution in [2.45, 2.75) is 13.8 Å². The lowest BCUT2D eigenvalue weighted by Gasteiger charge is -2.11. The molecule has 1 heterocycles. The molecule has 0 aliphatic rings. The molecule has 0 unspecified atom stereocenters. The number of carbonyl (C=O) groups excluding carboxylic acids is 2. The fourth-order valence-corrected chi connectivity index (χ4v) is 1.95. The maximum absolute atomic E-state index is 12.0. The van der Waals surface area contributed by atoms with Crippen LogP contribution in [-0.2, 0) is 0 Å². The van der Waals surface area contributed by atoms with Crippen molar-refractivity contribution in [3.05, 3.63) is 53.3 Å². The van der Waals surface area contributed by atoms with E-state index >= 15 is 0 Å². The molecule has 0 spiro atoms. The van der Waals surface area contributed by atoms with Gasteiger partial charge in [0.05, 0.1) is 5.69 Å². The summed E-state index contributed by atoms with van der Waals surface area (Å²) in [5.41, 5.74) is 2.29. The Morgan fingerprint density at radius 2 is 1.89 bits per heavy atom. The van der Waals surface area contributed by atoms with Gasteiger partial charge in [-0.1, -0.05) is 18.2 Å². The highest BCUT2D eigenvalue weighted by Crippen LogP contribution is 2.22. The number of aryl methyl sites for hydroxylation is 2. The van der Waals surface area contributed by atoms with Crippen molar-refractivity contribution in [1.82, 2.24) is 4.57 Å². The van der Waals surface area contributed by atoms with Crippen molar-refractivity contribution >= 4 is 12.2 Å². The van der Waals surface area contributed by atoms with Gasteiger partial charge in [-0.15, -0.1) is 0 Å². The van der Waals surface area contributed by atoms with Crippen LogP contribution in [0.1, 0.15) is 26.4 Å². The predicted molar refractivity (Wildman–Crippen MR) is 71.9 cm³/mol. The van der Waals surface area contributed by atoms with Gasteiger partial charge in [0.15, 0.2) is 12.9 Å². The zero-order valence-electron chi connectivity index (χ0n) is 10.9. The Morgan fingerprint density at radius 1 is 1.21 bits per heavy atom. The van der Waals surface area contributed by atoms with Crippen LogP contribution in [-0.4, -0.2) is 23.4 Å². The number of aromatic nitrogens is 1. The van der Waals surface area contributed by atoms with Crippen molar-refractivity contribution in [1.29, 1.82) is 0 Å². The first-order valence-corrected chi connectivity index (χ1v) is 5.98. The van der Waals surface area contributed by atoms with Crippen LogP contribution in [0, 0.1) is 13.8 Å². The molecule has 0 N–H and O–H groups in total. The Hall–Kier alpha value is -2.36. The number of nitrogens with zero attached hydrogens (tertiary/aromatic N) is 1. The van der Waals surface area contributed by atoms with E-state index in [0.717, 1.165) is 16.9 Å². The zero-order valence-corrected chi connectivity index (χ0v) is 10.9. The molecule has 4 nitrogen and oxygen atoms in total. The molecular weight excluding hydrogens is 242 g/mol. The molecule has 0 atom stereocenters. The second kappa shape index (κ2) is 5.52. The summed E-state index contributed by atoms with van der Waals surface area (Å²) in [5.74, 6) is 0.449. The minimum Gasteiger partial charge on any atom is -0.483 e. The SMILES string of the molecule is Cc1cccc(C)c1OCC(=O)n1cccc1C=O. The van der Waals surface area contributed by atoms with Gasteiger partial charge >= 0.3 is 0 Å². The van der Waals surface area contributed by atoms with Crippen molar-refractivity contribution < 1.29 is 14.3 Å². The lowest BCUT2D eigenvalue weighted by atomic mass is 10.1. The fourth-order valence-electron chi connectivity index (χ4n) is 1.95. The molecule has 2 aromatic rings. The molecule has 1 aromatic heterocycles. The summed E-state index contributed by atoms with van der Waals surface area (Å²) in [5, 5.41) is 0. The monoisotopic (exact) mass is 257 g/mol. The van der Waals surface area contributed by atoms with Crippen LogP contribution in [0.25, 0.3) is 0 Å². The third kappa shape index (κ3) is 2.73. The maximum atomic E-state index is 12.0. The highest BCUT2D eigenvalue weighted by Gasteiger charge is 2.11. The maximum Gasteiger partial charge on any atom is 0.269 e. The van der Waals surface area contributed by atoms with Crippen molar-refractivity contribution in [2.75, 3.05) is 6.61 Å². The molecule has 0 saturated carbocycles. The van der Waals surface area contributed by atoms with Gasteiger partial charge < -0.3 is 4.74 Å². The van der Waals surface area contributed by atoms with Crippen LogP contribution in [0.3, 0.4) is 0 Å². The van der Waals surface area contributed by atoms with Crippen LogP contribution < -0.4 is 4.74 Å². The van der Waals surface area contributed by atoms with Gasteiger partial charge in [0.25, 0.3) is 5.91 Å². The largest absolute Gasteiger partial charge is 0.483 e. The van der Waals surface area contributed by atoms with E-state index in [9.17, 15) is 9.59 Å². The summed E-state index contributed by atoms with van der Waals surface area (Å²) in [7, 11) is 0. The summed E-state index contributed by atoms with van der Waals surface area (Å²) in [4.78, 5) is 22.7. The molecule has 0 aliphatic heterocycles. The summed E-state index contributed by atoms with van der Waals surface area (Å²) in [6.07, 6.45) is 2.21. The third-order valence-corrected chi connectivity index (χ3v) is 2.92. The average Bonchev–Trinajstić information content (AvgIpc) is 2.86. The van der Waals surface area contributed by atoms with Crippen LogP contribution in [0.5, 0.6) is 5.75 Å². The number of para-hydroxylation sites is 1. The van der Waals surface area contributed by atoms with Gasteiger partial charge in [-0.2, -0.15) is 0 Å². The van der Waals surface area contributed by atoms with Crippen molar-refractivity contribution in [2.24, 2.45) is 0 Å². The summed E-state index contributed by atoms with van der Waals surface area (Å²) in [6, 6.07) is 9.04. The highest BCUT2D eigenvalue weighted by molar-refractivity contribution is 5.87. The molecule has 0 fully saturated rings. The molecule has 19 heavy (non-hydrogen) atoms. The first kappa shape index (κ1) is 13.1. The topological polar surface area (TPSA) is 48.3 Å². The summed E-state index contributed by atoms with van der Waals surface area (Å²) >= 11 is 0. The standard InChI is InChI=1S/C15H15NO3/c1-11-5-3-6-12(2)15(11)19-10-14(18)16-8-4-7-13(16)9-17/h3-9H,10H2,1-2H3. The van der Waals surface area contributed by atoms with Crippen LogP contribution in [0.15, 0.2) is 36.5 Å². The quantitative estimate of drug-likeness (QED) is 0.791.